The van der Waals surface area contributed by atoms with Gasteiger partial charge in [-0.15, -0.1) is 0 Å². The van der Waals surface area contributed by atoms with Crippen LogP contribution in [0.1, 0.15) is 24.0 Å². The summed E-state index contributed by atoms with van der Waals surface area (Å²) in [7, 11) is 3.33. The molecule has 6 heteroatoms. The minimum atomic E-state index is -0.471. The molecular formula is C20H31NO5. The summed E-state index contributed by atoms with van der Waals surface area (Å²) in [5, 5.41) is 10.3. The first kappa shape index (κ1) is 19.4. The number of ether oxygens (including phenoxy) is 4. The van der Waals surface area contributed by atoms with E-state index in [4.69, 9.17) is 18.9 Å². The fraction of sp³-hybridized carbons (Fsp3) is 0.700. The second-order valence-corrected chi connectivity index (χ2v) is 7.10. The molecule has 1 fully saturated rings. The van der Waals surface area contributed by atoms with Crippen LogP contribution in [0.3, 0.4) is 0 Å². The molecule has 2 unspecified atom stereocenters. The third-order valence-corrected chi connectivity index (χ3v) is 5.21. The summed E-state index contributed by atoms with van der Waals surface area (Å²) >= 11 is 0. The van der Waals surface area contributed by atoms with Crippen molar-refractivity contribution in [3.63, 3.8) is 0 Å². The Balaban J connectivity index is 1.47. The van der Waals surface area contributed by atoms with Gasteiger partial charge in [0.2, 0.25) is 0 Å². The van der Waals surface area contributed by atoms with Gasteiger partial charge in [0.25, 0.3) is 0 Å². The molecule has 0 amide bonds. The maximum Gasteiger partial charge on any atom is 0.161 e. The number of hydrogen-bond donors (Lipinski definition) is 1. The second kappa shape index (κ2) is 9.55. The van der Waals surface area contributed by atoms with Crippen LogP contribution >= 0.6 is 0 Å². The number of rotatable bonds is 8. The minimum Gasteiger partial charge on any atom is -0.493 e. The first-order chi connectivity index (χ1) is 12.7. The second-order valence-electron chi connectivity index (χ2n) is 7.10. The molecule has 2 aliphatic heterocycles. The zero-order valence-corrected chi connectivity index (χ0v) is 15.9. The molecule has 6 nitrogen and oxygen atoms in total. The maximum atomic E-state index is 10.3. The molecule has 0 aromatic heterocycles. The minimum absolute atomic E-state index is 0.208. The quantitative estimate of drug-likeness (QED) is 0.756. The van der Waals surface area contributed by atoms with Crippen molar-refractivity contribution in [2.45, 2.75) is 37.9 Å². The summed E-state index contributed by atoms with van der Waals surface area (Å²) in [6, 6.07) is 4.16. The monoisotopic (exact) mass is 365 g/mol. The summed E-state index contributed by atoms with van der Waals surface area (Å²) in [4.78, 5) is 2.30. The van der Waals surface area contributed by atoms with Crippen LogP contribution < -0.4 is 9.47 Å². The molecular weight excluding hydrogens is 334 g/mol. The first-order valence-corrected chi connectivity index (χ1v) is 9.53. The average Bonchev–Trinajstić information content (AvgIpc) is 3.09. The highest BCUT2D eigenvalue weighted by molar-refractivity contribution is 5.48. The molecule has 1 aromatic carbocycles. The van der Waals surface area contributed by atoms with E-state index in [1.54, 1.807) is 14.2 Å². The molecule has 0 radical (unpaired) electrons. The van der Waals surface area contributed by atoms with Gasteiger partial charge in [0, 0.05) is 26.2 Å². The van der Waals surface area contributed by atoms with Gasteiger partial charge in [-0.25, -0.2) is 0 Å². The third-order valence-electron chi connectivity index (χ3n) is 5.21. The lowest BCUT2D eigenvalue weighted by Gasteiger charge is -2.23. The van der Waals surface area contributed by atoms with Gasteiger partial charge in [-0.1, -0.05) is 0 Å². The van der Waals surface area contributed by atoms with Crippen molar-refractivity contribution in [1.29, 1.82) is 0 Å². The number of nitrogens with zero attached hydrogens (tertiary/aromatic N) is 1. The van der Waals surface area contributed by atoms with Crippen LogP contribution in [0, 0.1) is 0 Å². The van der Waals surface area contributed by atoms with E-state index in [0.717, 1.165) is 56.9 Å². The van der Waals surface area contributed by atoms with Gasteiger partial charge in [-0.3, -0.25) is 0 Å². The van der Waals surface area contributed by atoms with Crippen LogP contribution in [0.15, 0.2) is 12.1 Å². The highest BCUT2D eigenvalue weighted by Gasteiger charge is 2.20. The lowest BCUT2D eigenvalue weighted by molar-refractivity contribution is -0.0248. The van der Waals surface area contributed by atoms with E-state index < -0.39 is 6.10 Å². The SMILES string of the molecule is COc1cc2c(cc1OC)CCN(CC(O)COCC1CCCO1)CC2. The number of hydrogen-bond acceptors (Lipinski definition) is 6. The summed E-state index contributed by atoms with van der Waals surface area (Å²) < 4.78 is 22.0. The van der Waals surface area contributed by atoms with Crippen molar-refractivity contribution in [2.24, 2.45) is 0 Å². The lowest BCUT2D eigenvalue weighted by Crippen LogP contribution is -2.37. The van der Waals surface area contributed by atoms with E-state index in [1.807, 2.05) is 0 Å². The Labute approximate surface area is 156 Å². The van der Waals surface area contributed by atoms with Crippen LogP contribution in [0.2, 0.25) is 0 Å². The predicted octanol–water partition coefficient (Wildman–Crippen LogP) is 1.66. The van der Waals surface area contributed by atoms with Crippen LogP contribution in [-0.2, 0) is 22.3 Å². The normalized spacial score (nSPS) is 21.9. The zero-order chi connectivity index (χ0) is 18.4. The van der Waals surface area contributed by atoms with Crippen LogP contribution in [0.4, 0.5) is 0 Å². The molecule has 3 rings (SSSR count). The van der Waals surface area contributed by atoms with Crippen LogP contribution in [-0.4, -0.2) is 75.9 Å². The number of benzene rings is 1. The van der Waals surface area contributed by atoms with Gasteiger partial charge in [-0.05, 0) is 48.9 Å². The fourth-order valence-electron chi connectivity index (χ4n) is 3.74. The Kier molecular flexibility index (Phi) is 7.14. The highest BCUT2D eigenvalue weighted by atomic mass is 16.5. The van der Waals surface area contributed by atoms with E-state index in [0.29, 0.717) is 19.8 Å². The molecule has 2 aliphatic rings. The smallest absolute Gasteiger partial charge is 0.161 e. The maximum absolute atomic E-state index is 10.3. The summed E-state index contributed by atoms with van der Waals surface area (Å²) in [5.41, 5.74) is 2.60. The van der Waals surface area contributed by atoms with Crippen molar-refractivity contribution in [1.82, 2.24) is 4.90 Å². The van der Waals surface area contributed by atoms with Crippen LogP contribution in [0.25, 0.3) is 0 Å². The van der Waals surface area contributed by atoms with Crippen LogP contribution in [0.5, 0.6) is 11.5 Å². The Morgan fingerprint density at radius 1 is 1.15 bits per heavy atom. The number of β-amino-alcohol motifs (C(OH)–C–C–N with tert-alkyl or cyclic N) is 1. The molecule has 0 saturated carbocycles. The third kappa shape index (κ3) is 5.10. The fourth-order valence-corrected chi connectivity index (χ4v) is 3.74. The van der Waals surface area contributed by atoms with Gasteiger partial charge in [-0.2, -0.15) is 0 Å². The Hall–Kier alpha value is -1.34. The largest absolute Gasteiger partial charge is 0.493 e. The number of aliphatic hydroxyl groups is 1. The molecule has 1 aromatic rings. The lowest BCUT2D eigenvalue weighted by atomic mass is 10.0. The molecule has 2 heterocycles. The summed E-state index contributed by atoms with van der Waals surface area (Å²) in [5.74, 6) is 1.56. The topological polar surface area (TPSA) is 60.4 Å². The van der Waals surface area contributed by atoms with E-state index in [-0.39, 0.29) is 6.10 Å². The first-order valence-electron chi connectivity index (χ1n) is 9.53. The molecule has 1 N–H and O–H groups in total. The highest BCUT2D eigenvalue weighted by Crippen LogP contribution is 2.32. The van der Waals surface area contributed by atoms with Crippen molar-refractivity contribution in [3.05, 3.63) is 23.3 Å². The Morgan fingerprint density at radius 3 is 2.35 bits per heavy atom. The molecule has 0 spiro atoms. The molecule has 146 valence electrons. The van der Waals surface area contributed by atoms with Gasteiger partial charge in [0.05, 0.1) is 39.6 Å². The van der Waals surface area contributed by atoms with E-state index in [9.17, 15) is 5.11 Å². The number of fused-ring (bicyclic) bond motifs is 1. The summed E-state index contributed by atoms with van der Waals surface area (Å²) in [6.07, 6.45) is 3.80. The van der Waals surface area contributed by atoms with Gasteiger partial charge < -0.3 is 29.0 Å². The van der Waals surface area contributed by atoms with Gasteiger partial charge in [0.15, 0.2) is 11.5 Å². The average molecular weight is 365 g/mol. The van der Waals surface area contributed by atoms with Gasteiger partial charge in [0.1, 0.15) is 0 Å². The molecule has 1 saturated heterocycles. The molecule has 26 heavy (non-hydrogen) atoms. The molecule has 0 aliphatic carbocycles. The predicted molar refractivity (Wildman–Crippen MR) is 99.2 cm³/mol. The Bertz CT molecular complexity index is 539. The molecule has 0 bridgehead atoms. The zero-order valence-electron chi connectivity index (χ0n) is 15.9. The van der Waals surface area contributed by atoms with E-state index in [2.05, 4.69) is 17.0 Å². The Morgan fingerprint density at radius 2 is 1.81 bits per heavy atom. The van der Waals surface area contributed by atoms with Gasteiger partial charge >= 0.3 is 0 Å². The van der Waals surface area contributed by atoms with Crippen molar-refractivity contribution in [2.75, 3.05) is 53.7 Å². The van der Waals surface area contributed by atoms with E-state index in [1.165, 1.54) is 11.1 Å². The van der Waals surface area contributed by atoms with E-state index >= 15 is 0 Å². The molecule has 2 atom stereocenters. The van der Waals surface area contributed by atoms with Crippen molar-refractivity contribution in [3.8, 4) is 11.5 Å². The standard InChI is InChI=1S/C20H31NO5/c1-23-19-10-15-5-7-21(8-6-16(15)11-20(19)24-2)12-17(22)13-25-14-18-4-3-9-26-18/h10-11,17-18,22H,3-9,12-14H2,1-2H3. The summed E-state index contributed by atoms with van der Waals surface area (Å²) in [6.45, 7) is 4.26. The van der Waals surface area contributed by atoms with Crippen molar-refractivity contribution < 1.29 is 24.1 Å². The van der Waals surface area contributed by atoms with Crippen molar-refractivity contribution >= 4 is 0 Å². The number of aliphatic hydroxyl groups excluding tert-OH is 1. The number of methoxy groups -OCH3 is 2.